The van der Waals surface area contributed by atoms with Gasteiger partial charge < -0.3 is 15.1 Å². The van der Waals surface area contributed by atoms with Crippen LogP contribution in [0.4, 0.5) is 0 Å². The second-order valence-corrected chi connectivity index (χ2v) is 5.78. The lowest BCUT2D eigenvalue weighted by atomic mass is 9.86. The Balaban J connectivity index is 4.34. The van der Waals surface area contributed by atoms with E-state index in [1.165, 1.54) is 0 Å². The number of rotatable bonds is 6. The van der Waals surface area contributed by atoms with Gasteiger partial charge in [-0.1, -0.05) is 20.8 Å². The van der Waals surface area contributed by atoms with E-state index in [0.717, 1.165) is 13.1 Å². The molecule has 0 spiro atoms. The molecular formula is C12H27NO2. The van der Waals surface area contributed by atoms with E-state index in [9.17, 15) is 10.2 Å². The molecule has 0 heterocycles. The van der Waals surface area contributed by atoms with E-state index in [2.05, 4.69) is 11.8 Å². The molecule has 0 saturated heterocycles. The first-order valence-electron chi connectivity index (χ1n) is 5.71. The summed E-state index contributed by atoms with van der Waals surface area (Å²) in [5.74, 6) is 0. The minimum atomic E-state index is -0.676. The summed E-state index contributed by atoms with van der Waals surface area (Å²) in [6.45, 7) is 13.9. The third-order valence-electron chi connectivity index (χ3n) is 2.82. The van der Waals surface area contributed by atoms with Gasteiger partial charge >= 0.3 is 0 Å². The molecule has 0 bridgehead atoms. The number of aliphatic hydroxyl groups is 2. The Hall–Kier alpha value is -0.120. The van der Waals surface area contributed by atoms with Gasteiger partial charge in [-0.05, 0) is 27.3 Å². The van der Waals surface area contributed by atoms with Crippen LogP contribution in [0.2, 0.25) is 0 Å². The van der Waals surface area contributed by atoms with E-state index in [1.807, 2.05) is 34.6 Å². The standard InChI is InChI=1S/C12H27NO2/c1-7-13(9-12(5,6)15)8-11(3,4)10(2)14/h10,14-15H,7-9H2,1-6H3. The smallest absolute Gasteiger partial charge is 0.0718 e. The minimum absolute atomic E-state index is 0.138. The summed E-state index contributed by atoms with van der Waals surface area (Å²) in [6, 6.07) is 0. The first-order chi connectivity index (χ1) is 6.58. The second kappa shape index (κ2) is 5.28. The Kier molecular flexibility index (Phi) is 5.24. The number of likely N-dealkylation sites (N-methyl/N-ethyl adjacent to an activating group) is 1. The molecule has 1 unspecified atom stereocenters. The zero-order chi connectivity index (χ0) is 12.3. The zero-order valence-corrected chi connectivity index (χ0v) is 11.0. The van der Waals surface area contributed by atoms with Crippen molar-refractivity contribution in [3.63, 3.8) is 0 Å². The third kappa shape index (κ3) is 6.13. The van der Waals surface area contributed by atoms with Gasteiger partial charge in [0.05, 0.1) is 11.7 Å². The van der Waals surface area contributed by atoms with E-state index in [4.69, 9.17) is 0 Å². The lowest BCUT2D eigenvalue weighted by Gasteiger charge is -2.36. The van der Waals surface area contributed by atoms with Gasteiger partial charge in [0.25, 0.3) is 0 Å². The van der Waals surface area contributed by atoms with Crippen LogP contribution < -0.4 is 0 Å². The predicted molar refractivity (Wildman–Crippen MR) is 63.9 cm³/mol. The summed E-state index contributed by atoms with van der Waals surface area (Å²) in [6.07, 6.45) is -0.339. The van der Waals surface area contributed by atoms with Crippen LogP contribution >= 0.6 is 0 Å². The summed E-state index contributed by atoms with van der Waals surface area (Å²) in [5, 5.41) is 19.4. The highest BCUT2D eigenvalue weighted by Gasteiger charge is 2.28. The van der Waals surface area contributed by atoms with Crippen molar-refractivity contribution in [2.75, 3.05) is 19.6 Å². The minimum Gasteiger partial charge on any atom is -0.393 e. The Bertz CT molecular complexity index is 183. The van der Waals surface area contributed by atoms with Crippen molar-refractivity contribution in [2.45, 2.75) is 53.2 Å². The second-order valence-electron chi connectivity index (χ2n) is 5.78. The molecule has 92 valence electrons. The van der Waals surface area contributed by atoms with Crippen molar-refractivity contribution in [3.05, 3.63) is 0 Å². The van der Waals surface area contributed by atoms with Crippen molar-refractivity contribution in [2.24, 2.45) is 5.41 Å². The van der Waals surface area contributed by atoms with Crippen LogP contribution in [0, 0.1) is 5.41 Å². The SMILES string of the molecule is CCN(CC(C)(C)O)CC(C)(C)C(C)O. The van der Waals surface area contributed by atoms with Gasteiger partial charge in [0.2, 0.25) is 0 Å². The molecule has 0 aromatic rings. The number of hydrogen-bond acceptors (Lipinski definition) is 3. The number of hydrogen-bond donors (Lipinski definition) is 2. The van der Waals surface area contributed by atoms with Crippen molar-refractivity contribution in [3.8, 4) is 0 Å². The molecule has 0 rings (SSSR count). The highest BCUT2D eigenvalue weighted by molar-refractivity contribution is 4.81. The van der Waals surface area contributed by atoms with E-state index in [-0.39, 0.29) is 11.5 Å². The fraction of sp³-hybridized carbons (Fsp3) is 1.00. The van der Waals surface area contributed by atoms with E-state index in [0.29, 0.717) is 6.54 Å². The molecule has 15 heavy (non-hydrogen) atoms. The molecule has 3 heteroatoms. The number of aliphatic hydroxyl groups excluding tert-OH is 1. The lowest BCUT2D eigenvalue weighted by molar-refractivity contribution is -0.00324. The molecule has 3 nitrogen and oxygen atoms in total. The Morgan fingerprint density at radius 2 is 1.60 bits per heavy atom. The monoisotopic (exact) mass is 217 g/mol. The fourth-order valence-corrected chi connectivity index (χ4v) is 1.54. The van der Waals surface area contributed by atoms with Crippen molar-refractivity contribution >= 4 is 0 Å². The fourth-order valence-electron chi connectivity index (χ4n) is 1.54. The summed E-state index contributed by atoms with van der Waals surface area (Å²) in [5.41, 5.74) is -0.813. The Morgan fingerprint density at radius 3 is 1.87 bits per heavy atom. The molecule has 0 saturated carbocycles. The molecule has 0 fully saturated rings. The highest BCUT2D eigenvalue weighted by Crippen LogP contribution is 2.22. The maximum atomic E-state index is 9.75. The van der Waals surface area contributed by atoms with Crippen LogP contribution in [0.3, 0.4) is 0 Å². The van der Waals surface area contributed by atoms with Gasteiger partial charge in [0, 0.05) is 18.5 Å². The van der Waals surface area contributed by atoms with Gasteiger partial charge in [0.1, 0.15) is 0 Å². The molecule has 0 aliphatic rings. The van der Waals surface area contributed by atoms with E-state index >= 15 is 0 Å². The van der Waals surface area contributed by atoms with E-state index in [1.54, 1.807) is 0 Å². The molecule has 0 aliphatic heterocycles. The summed E-state index contributed by atoms with van der Waals surface area (Å²) >= 11 is 0. The summed E-state index contributed by atoms with van der Waals surface area (Å²) < 4.78 is 0. The van der Waals surface area contributed by atoms with Crippen LogP contribution in [0.1, 0.15) is 41.5 Å². The maximum absolute atomic E-state index is 9.75. The average molecular weight is 217 g/mol. The average Bonchev–Trinajstić information content (AvgIpc) is 1.99. The number of nitrogens with zero attached hydrogens (tertiary/aromatic N) is 1. The molecular weight excluding hydrogens is 190 g/mol. The zero-order valence-electron chi connectivity index (χ0n) is 11.0. The normalized spacial score (nSPS) is 15.8. The highest BCUT2D eigenvalue weighted by atomic mass is 16.3. The van der Waals surface area contributed by atoms with Gasteiger partial charge in [0.15, 0.2) is 0 Å². The largest absolute Gasteiger partial charge is 0.393 e. The van der Waals surface area contributed by atoms with Gasteiger partial charge in [-0.3, -0.25) is 0 Å². The Morgan fingerprint density at radius 1 is 1.13 bits per heavy atom. The van der Waals surface area contributed by atoms with Crippen LogP contribution in [0.25, 0.3) is 0 Å². The molecule has 1 atom stereocenters. The summed E-state index contributed by atoms with van der Waals surface area (Å²) in [7, 11) is 0. The van der Waals surface area contributed by atoms with Gasteiger partial charge in [-0.15, -0.1) is 0 Å². The quantitative estimate of drug-likeness (QED) is 0.708. The van der Waals surface area contributed by atoms with Crippen molar-refractivity contribution in [1.82, 2.24) is 4.90 Å². The van der Waals surface area contributed by atoms with Crippen LogP contribution in [-0.2, 0) is 0 Å². The third-order valence-corrected chi connectivity index (χ3v) is 2.82. The molecule has 0 amide bonds. The van der Waals surface area contributed by atoms with Crippen LogP contribution in [-0.4, -0.2) is 46.5 Å². The topological polar surface area (TPSA) is 43.7 Å². The maximum Gasteiger partial charge on any atom is 0.0718 e. The van der Waals surface area contributed by atoms with Crippen molar-refractivity contribution < 1.29 is 10.2 Å². The lowest BCUT2D eigenvalue weighted by Crippen LogP contribution is -2.45. The molecule has 0 aromatic carbocycles. The van der Waals surface area contributed by atoms with Crippen molar-refractivity contribution in [1.29, 1.82) is 0 Å². The molecule has 0 aliphatic carbocycles. The molecule has 0 aromatic heterocycles. The van der Waals surface area contributed by atoms with E-state index < -0.39 is 5.60 Å². The summed E-state index contributed by atoms with van der Waals surface area (Å²) in [4.78, 5) is 2.17. The van der Waals surface area contributed by atoms with Gasteiger partial charge in [-0.2, -0.15) is 0 Å². The first-order valence-corrected chi connectivity index (χ1v) is 5.71. The molecule has 2 N–H and O–H groups in total. The predicted octanol–water partition coefficient (Wildman–Crippen LogP) is 1.49. The first kappa shape index (κ1) is 14.9. The van der Waals surface area contributed by atoms with Gasteiger partial charge in [-0.25, -0.2) is 0 Å². The Labute approximate surface area is 94.1 Å². The van der Waals surface area contributed by atoms with Crippen LogP contribution in [0.15, 0.2) is 0 Å². The molecule has 0 radical (unpaired) electrons. The van der Waals surface area contributed by atoms with Crippen LogP contribution in [0.5, 0.6) is 0 Å².